The van der Waals surface area contributed by atoms with Crippen LogP contribution in [0.25, 0.3) is 0 Å². The molecule has 0 radical (unpaired) electrons. The average molecular weight is 742 g/mol. The largest absolute Gasteiger partial charge is 0.489 e. The second-order valence-corrected chi connectivity index (χ2v) is 18.0. The van der Waals surface area contributed by atoms with Gasteiger partial charge in [-0.2, -0.15) is 0 Å². The Kier molecular flexibility index (Phi) is 11.5. The van der Waals surface area contributed by atoms with Gasteiger partial charge in [-0.05, 0) is 77.5 Å². The van der Waals surface area contributed by atoms with Crippen molar-refractivity contribution in [3.8, 4) is 5.75 Å². The van der Waals surface area contributed by atoms with E-state index in [1.165, 1.54) is 0 Å². The van der Waals surface area contributed by atoms with Crippen molar-refractivity contribution in [1.29, 1.82) is 0 Å². The van der Waals surface area contributed by atoms with Crippen LogP contribution in [0.5, 0.6) is 5.75 Å². The van der Waals surface area contributed by atoms with Gasteiger partial charge in [-0.1, -0.05) is 116 Å². The highest BCUT2D eigenvalue weighted by Crippen LogP contribution is 2.65. The van der Waals surface area contributed by atoms with Crippen molar-refractivity contribution in [2.75, 3.05) is 6.54 Å². The summed E-state index contributed by atoms with van der Waals surface area (Å²) in [4.78, 5) is 69.1. The fourth-order valence-corrected chi connectivity index (χ4v) is 9.21. The highest BCUT2D eigenvalue weighted by molar-refractivity contribution is 6.37. The number of ether oxygens (including phenoxy) is 1. The van der Waals surface area contributed by atoms with Gasteiger partial charge in [0, 0.05) is 12.1 Å². The Bertz CT molecular complexity index is 1710. The number of rotatable bonds is 14. The lowest BCUT2D eigenvalue weighted by molar-refractivity contribution is -0.145. The van der Waals surface area contributed by atoms with E-state index in [-0.39, 0.29) is 29.1 Å². The Hall–Kier alpha value is -4.41. The van der Waals surface area contributed by atoms with Crippen molar-refractivity contribution in [3.05, 3.63) is 65.7 Å². The van der Waals surface area contributed by atoms with Crippen LogP contribution in [-0.2, 0) is 32.2 Å². The SMILES string of the molecule is CC(C)(C)[C@H](NC(=O)NC1(Cc2cccc(OCc3ccccc3)c2)CCCCC1)C(=O)N1C[C@H]2[C@@H]([C@H]1C(=O)NC(CC1CCC1)C(=O)C(N)=O)C2(C)C. The van der Waals surface area contributed by atoms with Crippen LogP contribution in [0.3, 0.4) is 0 Å². The van der Waals surface area contributed by atoms with Crippen LogP contribution in [-0.4, -0.2) is 64.6 Å². The second kappa shape index (κ2) is 15.7. The summed E-state index contributed by atoms with van der Waals surface area (Å²) in [5.41, 5.74) is 6.18. The summed E-state index contributed by atoms with van der Waals surface area (Å²) in [7, 11) is 0. The lowest BCUT2D eigenvalue weighted by Gasteiger charge is -2.41. The molecule has 0 spiro atoms. The van der Waals surface area contributed by atoms with Crippen LogP contribution in [0.4, 0.5) is 4.79 Å². The van der Waals surface area contributed by atoms with E-state index >= 15 is 0 Å². The van der Waals surface area contributed by atoms with Gasteiger partial charge in [0.1, 0.15) is 24.4 Å². The second-order valence-electron chi connectivity index (χ2n) is 18.0. The molecule has 11 heteroatoms. The predicted octanol–water partition coefficient (Wildman–Crippen LogP) is 5.44. The molecule has 1 aliphatic heterocycles. The fourth-order valence-electron chi connectivity index (χ4n) is 9.21. The number of carbonyl (C=O) groups is 5. The van der Waals surface area contributed by atoms with Crippen molar-refractivity contribution < 1.29 is 28.7 Å². The molecule has 1 heterocycles. The number of urea groups is 1. The third-order valence-electron chi connectivity index (χ3n) is 12.7. The molecular weight excluding hydrogens is 683 g/mol. The van der Waals surface area contributed by atoms with E-state index in [1.54, 1.807) is 4.90 Å². The molecule has 4 fully saturated rings. The standard InChI is InChI=1S/C43H59N5O6/c1-41(2,3)36(39(52)48-25-31-33(42(31,4)5)34(48)38(51)45-32(35(49)37(44)50)23-27-16-12-17-27)46-40(53)47-43(20-10-7-11-21-43)24-29-18-13-19-30(22-29)54-26-28-14-8-6-9-15-28/h6,8-9,13-15,18-19,22,27,31-34,36H,7,10-12,16-17,20-21,23-26H2,1-5H3,(H2,44,50)(H,45,51)(H2,46,47,53)/t31-,32?,33-,34-,36+/m0/s1. The first-order valence-corrected chi connectivity index (χ1v) is 19.9. The maximum Gasteiger partial charge on any atom is 0.315 e. The van der Waals surface area contributed by atoms with E-state index in [4.69, 9.17) is 10.5 Å². The van der Waals surface area contributed by atoms with Crippen molar-refractivity contribution >= 4 is 29.5 Å². The van der Waals surface area contributed by atoms with Crippen LogP contribution in [0.1, 0.15) is 104 Å². The summed E-state index contributed by atoms with van der Waals surface area (Å²) in [6, 6.07) is 14.8. The lowest BCUT2D eigenvalue weighted by Crippen LogP contribution is -2.63. The van der Waals surface area contributed by atoms with Gasteiger partial charge < -0.3 is 31.3 Å². The number of likely N-dealkylation sites (tertiary alicyclic amines) is 1. The maximum absolute atomic E-state index is 14.6. The molecule has 5 N–H and O–H groups in total. The minimum Gasteiger partial charge on any atom is -0.489 e. The molecule has 2 aromatic rings. The van der Waals surface area contributed by atoms with E-state index in [0.29, 0.717) is 26.0 Å². The molecule has 11 nitrogen and oxygen atoms in total. The molecule has 6 rings (SSSR count). The number of ketones is 1. The molecule has 4 aliphatic rings. The van der Waals surface area contributed by atoms with E-state index in [9.17, 15) is 24.0 Å². The molecular formula is C43H59N5O6. The van der Waals surface area contributed by atoms with Crippen LogP contribution in [0.2, 0.25) is 0 Å². The summed E-state index contributed by atoms with van der Waals surface area (Å²) < 4.78 is 6.11. The number of hydrogen-bond acceptors (Lipinski definition) is 6. The summed E-state index contributed by atoms with van der Waals surface area (Å²) in [5.74, 6) is -1.68. The molecule has 292 valence electrons. The van der Waals surface area contributed by atoms with Crippen LogP contribution < -0.4 is 26.4 Å². The predicted molar refractivity (Wildman–Crippen MR) is 206 cm³/mol. The number of amides is 5. The lowest BCUT2D eigenvalue weighted by atomic mass is 9.77. The van der Waals surface area contributed by atoms with Gasteiger partial charge in [0.05, 0.1) is 6.04 Å². The minimum absolute atomic E-state index is 0.0986. The van der Waals surface area contributed by atoms with Gasteiger partial charge in [0.25, 0.3) is 5.91 Å². The molecule has 54 heavy (non-hydrogen) atoms. The monoisotopic (exact) mass is 741 g/mol. The summed E-state index contributed by atoms with van der Waals surface area (Å²) in [6.07, 6.45) is 8.56. The van der Waals surface area contributed by atoms with Crippen molar-refractivity contribution in [3.63, 3.8) is 0 Å². The van der Waals surface area contributed by atoms with Gasteiger partial charge in [0.15, 0.2) is 0 Å². The molecule has 2 aromatic carbocycles. The summed E-state index contributed by atoms with van der Waals surface area (Å²) in [5, 5.41) is 9.23. The third kappa shape index (κ3) is 8.76. The topological polar surface area (TPSA) is 160 Å². The molecule has 3 saturated carbocycles. The number of nitrogens with zero attached hydrogens (tertiary/aromatic N) is 1. The number of nitrogens with one attached hydrogen (secondary N) is 3. The smallest absolute Gasteiger partial charge is 0.315 e. The Morgan fingerprint density at radius 2 is 1.59 bits per heavy atom. The number of carbonyl (C=O) groups excluding carboxylic acids is 5. The number of benzene rings is 2. The Morgan fingerprint density at radius 1 is 0.907 bits per heavy atom. The van der Waals surface area contributed by atoms with Gasteiger partial charge in [0.2, 0.25) is 17.6 Å². The molecule has 5 amide bonds. The molecule has 1 saturated heterocycles. The molecule has 1 unspecified atom stereocenters. The first kappa shape index (κ1) is 39.3. The highest BCUT2D eigenvalue weighted by Gasteiger charge is 2.70. The van der Waals surface area contributed by atoms with Crippen molar-refractivity contribution in [1.82, 2.24) is 20.9 Å². The summed E-state index contributed by atoms with van der Waals surface area (Å²) in [6.45, 7) is 10.7. The number of piperidine rings is 1. The number of nitrogens with two attached hydrogens (primary N) is 1. The number of Topliss-reactive ketones (excluding diaryl/α,β-unsaturated/α-hetero) is 1. The van der Waals surface area contributed by atoms with E-state index in [2.05, 4.69) is 35.9 Å². The number of fused-ring (bicyclic) bond motifs is 1. The van der Waals surface area contributed by atoms with Crippen molar-refractivity contribution in [2.45, 2.75) is 129 Å². The zero-order valence-corrected chi connectivity index (χ0v) is 32.6. The highest BCUT2D eigenvalue weighted by atomic mass is 16.5. The maximum atomic E-state index is 14.6. The number of hydrogen-bond donors (Lipinski definition) is 4. The van der Waals surface area contributed by atoms with Crippen LogP contribution in [0, 0.1) is 28.6 Å². The van der Waals surface area contributed by atoms with E-state index < -0.39 is 52.7 Å². The van der Waals surface area contributed by atoms with Gasteiger partial charge in [-0.3, -0.25) is 19.2 Å². The van der Waals surface area contributed by atoms with Gasteiger partial charge in [-0.15, -0.1) is 0 Å². The number of primary amides is 1. The van der Waals surface area contributed by atoms with Crippen molar-refractivity contribution in [2.24, 2.45) is 34.3 Å². The molecule has 5 atom stereocenters. The van der Waals surface area contributed by atoms with E-state index in [1.807, 2.05) is 69.3 Å². The Balaban J connectivity index is 1.16. The quantitative estimate of drug-likeness (QED) is 0.189. The minimum atomic E-state index is -1.08. The normalized spacial score (nSPS) is 23.9. The Morgan fingerprint density at radius 3 is 2.22 bits per heavy atom. The van der Waals surface area contributed by atoms with Crippen LogP contribution in [0.15, 0.2) is 54.6 Å². The van der Waals surface area contributed by atoms with Gasteiger partial charge >= 0.3 is 6.03 Å². The first-order valence-electron chi connectivity index (χ1n) is 19.9. The molecule has 3 aliphatic carbocycles. The molecule has 0 bridgehead atoms. The van der Waals surface area contributed by atoms with Gasteiger partial charge in [-0.25, -0.2) is 4.79 Å². The summed E-state index contributed by atoms with van der Waals surface area (Å²) >= 11 is 0. The fraction of sp³-hybridized carbons (Fsp3) is 0.605. The average Bonchev–Trinajstić information content (AvgIpc) is 3.41. The van der Waals surface area contributed by atoms with E-state index in [0.717, 1.165) is 68.2 Å². The first-order chi connectivity index (χ1) is 25.6. The third-order valence-corrected chi connectivity index (χ3v) is 12.7. The zero-order chi connectivity index (χ0) is 38.8. The van der Waals surface area contributed by atoms with Crippen LogP contribution >= 0.6 is 0 Å². The molecule has 0 aromatic heterocycles. The zero-order valence-electron chi connectivity index (χ0n) is 32.6. The Labute approximate surface area is 319 Å².